The van der Waals surface area contributed by atoms with Crippen LogP contribution in [0.1, 0.15) is 25.7 Å². The number of thiophene rings is 1. The van der Waals surface area contributed by atoms with Gasteiger partial charge in [0.15, 0.2) is 5.78 Å². The topological polar surface area (TPSA) is 52.0 Å². The lowest BCUT2D eigenvalue weighted by Gasteiger charge is -2.09. The molecule has 3 rings (SSSR count). The van der Waals surface area contributed by atoms with E-state index in [4.69, 9.17) is 0 Å². The number of rotatable bonds is 3. The van der Waals surface area contributed by atoms with Crippen LogP contribution in [0.3, 0.4) is 0 Å². The SMILES string of the molecule is O=C(Cn1cnc2sccc2c1=O)C1CCCC1. The third-order valence-corrected chi connectivity index (χ3v) is 4.41. The molecule has 0 amide bonds. The van der Waals surface area contributed by atoms with Crippen molar-refractivity contribution in [3.8, 4) is 0 Å². The van der Waals surface area contributed by atoms with Crippen LogP contribution in [0, 0.1) is 5.92 Å². The summed E-state index contributed by atoms with van der Waals surface area (Å²) in [5, 5.41) is 2.46. The Morgan fingerprint density at radius 3 is 3.00 bits per heavy atom. The third kappa shape index (κ3) is 1.99. The number of carbonyl (C=O) groups is 1. The van der Waals surface area contributed by atoms with Crippen molar-refractivity contribution in [2.45, 2.75) is 32.2 Å². The van der Waals surface area contributed by atoms with Crippen LogP contribution in [0.25, 0.3) is 10.2 Å². The molecule has 1 fully saturated rings. The molecule has 0 atom stereocenters. The molecular weight excluding hydrogens is 248 g/mol. The fraction of sp³-hybridized carbons (Fsp3) is 0.462. The summed E-state index contributed by atoms with van der Waals surface area (Å²) < 4.78 is 1.44. The van der Waals surface area contributed by atoms with Crippen molar-refractivity contribution >= 4 is 27.3 Å². The highest BCUT2D eigenvalue weighted by Gasteiger charge is 2.23. The first-order valence-corrected chi connectivity index (χ1v) is 7.09. The second-order valence-corrected chi connectivity index (χ2v) is 5.66. The van der Waals surface area contributed by atoms with Gasteiger partial charge in [0.25, 0.3) is 5.56 Å². The van der Waals surface area contributed by atoms with Crippen molar-refractivity contribution in [2.75, 3.05) is 0 Å². The fourth-order valence-electron chi connectivity index (χ4n) is 2.55. The number of aromatic nitrogens is 2. The third-order valence-electron chi connectivity index (χ3n) is 3.59. The molecule has 1 aliphatic rings. The first-order valence-electron chi connectivity index (χ1n) is 6.21. The molecule has 0 radical (unpaired) electrons. The molecule has 2 aromatic rings. The molecule has 94 valence electrons. The van der Waals surface area contributed by atoms with E-state index in [0.717, 1.165) is 30.5 Å². The summed E-state index contributed by atoms with van der Waals surface area (Å²) in [6, 6.07) is 1.77. The molecule has 1 aliphatic carbocycles. The lowest BCUT2D eigenvalue weighted by molar-refractivity contribution is -0.123. The highest BCUT2D eigenvalue weighted by Crippen LogP contribution is 2.25. The molecule has 0 N–H and O–H groups in total. The van der Waals surface area contributed by atoms with Gasteiger partial charge in [-0.2, -0.15) is 0 Å². The summed E-state index contributed by atoms with van der Waals surface area (Å²) >= 11 is 1.45. The van der Waals surface area contributed by atoms with E-state index < -0.39 is 0 Å². The van der Waals surface area contributed by atoms with Gasteiger partial charge in [-0.3, -0.25) is 14.2 Å². The van der Waals surface area contributed by atoms with Gasteiger partial charge in [0.05, 0.1) is 18.3 Å². The van der Waals surface area contributed by atoms with Crippen LogP contribution in [0.2, 0.25) is 0 Å². The number of carbonyl (C=O) groups excluding carboxylic acids is 1. The molecule has 2 aromatic heterocycles. The van der Waals surface area contributed by atoms with Gasteiger partial charge in [0.2, 0.25) is 0 Å². The Hall–Kier alpha value is -1.49. The van der Waals surface area contributed by atoms with Crippen molar-refractivity contribution in [3.63, 3.8) is 0 Å². The molecule has 0 aliphatic heterocycles. The number of ketones is 1. The maximum Gasteiger partial charge on any atom is 0.262 e. The minimum Gasteiger partial charge on any atom is -0.297 e. The van der Waals surface area contributed by atoms with Gasteiger partial charge in [-0.1, -0.05) is 12.8 Å². The molecule has 0 saturated heterocycles. The summed E-state index contributed by atoms with van der Waals surface area (Å²) in [5.41, 5.74) is -0.104. The number of nitrogens with zero attached hydrogens (tertiary/aromatic N) is 2. The molecule has 0 unspecified atom stereocenters. The smallest absolute Gasteiger partial charge is 0.262 e. The van der Waals surface area contributed by atoms with Crippen molar-refractivity contribution in [1.29, 1.82) is 0 Å². The average Bonchev–Trinajstić information content (AvgIpc) is 3.02. The fourth-order valence-corrected chi connectivity index (χ4v) is 3.27. The van der Waals surface area contributed by atoms with E-state index in [9.17, 15) is 9.59 Å². The van der Waals surface area contributed by atoms with Gasteiger partial charge in [-0.05, 0) is 24.3 Å². The predicted octanol–water partition coefficient (Wildman–Crippen LogP) is 2.22. The summed E-state index contributed by atoms with van der Waals surface area (Å²) in [7, 11) is 0. The van der Waals surface area contributed by atoms with Gasteiger partial charge >= 0.3 is 0 Å². The largest absolute Gasteiger partial charge is 0.297 e. The standard InChI is InChI=1S/C13H14N2O2S/c16-11(9-3-1-2-4-9)7-15-8-14-12-10(13(15)17)5-6-18-12/h5-6,8-9H,1-4,7H2. The summed E-state index contributed by atoms with van der Waals surface area (Å²) in [4.78, 5) is 29.1. The summed E-state index contributed by atoms with van der Waals surface area (Å²) in [6.07, 6.45) is 5.71. The minimum atomic E-state index is -0.104. The second-order valence-electron chi connectivity index (χ2n) is 4.76. The van der Waals surface area contributed by atoms with Gasteiger partial charge in [-0.15, -0.1) is 11.3 Å². The number of fused-ring (bicyclic) bond motifs is 1. The monoisotopic (exact) mass is 262 g/mol. The van der Waals surface area contributed by atoms with Crippen LogP contribution in [-0.4, -0.2) is 15.3 Å². The molecule has 0 aromatic carbocycles. The normalized spacial score (nSPS) is 16.4. The molecule has 2 heterocycles. The highest BCUT2D eigenvalue weighted by atomic mass is 32.1. The maximum absolute atomic E-state index is 12.1. The Kier molecular flexibility index (Phi) is 2.99. The zero-order valence-corrected chi connectivity index (χ0v) is 10.8. The second kappa shape index (κ2) is 4.65. The first-order chi connectivity index (χ1) is 8.75. The van der Waals surface area contributed by atoms with Crippen LogP contribution >= 0.6 is 11.3 Å². The van der Waals surface area contributed by atoms with Crippen LogP contribution in [-0.2, 0) is 11.3 Å². The number of hydrogen-bond donors (Lipinski definition) is 0. The van der Waals surface area contributed by atoms with E-state index in [0.29, 0.717) is 5.39 Å². The average molecular weight is 262 g/mol. The van der Waals surface area contributed by atoms with Gasteiger partial charge in [0.1, 0.15) is 4.83 Å². The molecule has 5 heteroatoms. The summed E-state index contributed by atoms with van der Waals surface area (Å²) in [5.74, 6) is 0.320. The molecule has 18 heavy (non-hydrogen) atoms. The Morgan fingerprint density at radius 2 is 2.22 bits per heavy atom. The van der Waals surface area contributed by atoms with Gasteiger partial charge < -0.3 is 0 Å². The lowest BCUT2D eigenvalue weighted by atomic mass is 10.0. The number of Topliss-reactive ketones (excluding diaryl/α,β-unsaturated/α-hetero) is 1. The summed E-state index contributed by atoms with van der Waals surface area (Å²) in [6.45, 7) is 0.169. The number of hydrogen-bond acceptors (Lipinski definition) is 4. The molecule has 1 saturated carbocycles. The van der Waals surface area contributed by atoms with E-state index >= 15 is 0 Å². The lowest BCUT2D eigenvalue weighted by Crippen LogP contribution is -2.27. The van der Waals surface area contributed by atoms with E-state index in [1.165, 1.54) is 22.2 Å². The Labute approximate surface area is 108 Å². The predicted molar refractivity (Wildman–Crippen MR) is 70.8 cm³/mol. The van der Waals surface area contributed by atoms with Crippen LogP contribution in [0.15, 0.2) is 22.6 Å². The zero-order valence-electron chi connectivity index (χ0n) is 9.96. The first kappa shape index (κ1) is 11.6. The Bertz CT molecular complexity index is 638. The molecule has 0 bridgehead atoms. The van der Waals surface area contributed by atoms with E-state index in [1.54, 1.807) is 6.07 Å². The quantitative estimate of drug-likeness (QED) is 0.852. The van der Waals surface area contributed by atoms with E-state index in [2.05, 4.69) is 4.98 Å². The molecule has 4 nitrogen and oxygen atoms in total. The van der Waals surface area contributed by atoms with Crippen molar-refractivity contribution in [2.24, 2.45) is 5.92 Å². The maximum atomic E-state index is 12.1. The van der Waals surface area contributed by atoms with Gasteiger partial charge in [0, 0.05) is 5.92 Å². The highest BCUT2D eigenvalue weighted by molar-refractivity contribution is 7.16. The van der Waals surface area contributed by atoms with Crippen molar-refractivity contribution in [3.05, 3.63) is 28.1 Å². The van der Waals surface area contributed by atoms with Crippen LogP contribution in [0.4, 0.5) is 0 Å². The Morgan fingerprint density at radius 1 is 1.44 bits per heavy atom. The minimum absolute atomic E-state index is 0.104. The van der Waals surface area contributed by atoms with Crippen LogP contribution in [0.5, 0.6) is 0 Å². The van der Waals surface area contributed by atoms with Gasteiger partial charge in [-0.25, -0.2) is 4.98 Å². The zero-order chi connectivity index (χ0) is 12.5. The van der Waals surface area contributed by atoms with Crippen molar-refractivity contribution < 1.29 is 4.79 Å². The van der Waals surface area contributed by atoms with Crippen LogP contribution < -0.4 is 5.56 Å². The van der Waals surface area contributed by atoms with E-state index in [-0.39, 0.29) is 23.8 Å². The molecular formula is C13H14N2O2S. The van der Waals surface area contributed by atoms with E-state index in [1.807, 2.05) is 5.38 Å². The Balaban J connectivity index is 1.88. The van der Waals surface area contributed by atoms with Crippen molar-refractivity contribution in [1.82, 2.24) is 9.55 Å². The molecule has 0 spiro atoms.